The van der Waals surface area contributed by atoms with Crippen molar-refractivity contribution in [2.75, 3.05) is 26.3 Å². The Labute approximate surface area is 127 Å². The van der Waals surface area contributed by atoms with Crippen LogP contribution in [0.5, 0.6) is 0 Å². The topological polar surface area (TPSA) is 114 Å². The van der Waals surface area contributed by atoms with Crippen LogP contribution in [0.15, 0.2) is 11.9 Å². The lowest BCUT2D eigenvalue weighted by atomic mass is 9.91. The molecule has 1 amide bonds. The molecule has 124 valence electrons. The van der Waals surface area contributed by atoms with Crippen LogP contribution in [-0.4, -0.2) is 48.4 Å². The first-order valence-corrected chi connectivity index (χ1v) is 7.05. The summed E-state index contributed by atoms with van der Waals surface area (Å²) in [5.41, 5.74) is 5.69. The Balaban J connectivity index is 4.36. The Morgan fingerprint density at radius 2 is 2.00 bits per heavy atom. The lowest BCUT2D eigenvalue weighted by molar-refractivity contribution is -0.109. The molecule has 0 heterocycles. The van der Waals surface area contributed by atoms with Crippen molar-refractivity contribution in [2.45, 2.75) is 39.7 Å². The summed E-state index contributed by atoms with van der Waals surface area (Å²) in [7, 11) is 0. The number of carbonyl (C=O) groups is 1. The molecule has 7 nitrogen and oxygen atoms in total. The zero-order valence-electron chi connectivity index (χ0n) is 13.6. The van der Waals surface area contributed by atoms with Gasteiger partial charge in [0.1, 0.15) is 5.60 Å². The Bertz CT molecular complexity index is 343. The summed E-state index contributed by atoms with van der Waals surface area (Å²) in [4.78, 5) is 10.1. The molecule has 0 aromatic rings. The summed E-state index contributed by atoms with van der Waals surface area (Å²) >= 11 is 0. The summed E-state index contributed by atoms with van der Waals surface area (Å²) in [6.45, 7) is 9.18. The highest BCUT2D eigenvalue weighted by molar-refractivity contribution is 5.45. The van der Waals surface area contributed by atoms with Crippen LogP contribution in [-0.2, 0) is 9.53 Å². The van der Waals surface area contributed by atoms with Gasteiger partial charge in [0.15, 0.2) is 0 Å². The van der Waals surface area contributed by atoms with Gasteiger partial charge in [-0.1, -0.05) is 13.8 Å². The van der Waals surface area contributed by atoms with E-state index in [0.717, 1.165) is 6.42 Å². The third-order valence-corrected chi connectivity index (χ3v) is 3.27. The number of nitrogens with one attached hydrogen (secondary N) is 1. The smallest absolute Gasteiger partial charge is 0.207 e. The van der Waals surface area contributed by atoms with Crippen LogP contribution in [0.2, 0.25) is 0 Å². The van der Waals surface area contributed by atoms with Crippen molar-refractivity contribution in [1.29, 1.82) is 0 Å². The van der Waals surface area contributed by atoms with Gasteiger partial charge in [-0.05, 0) is 25.7 Å². The van der Waals surface area contributed by atoms with Crippen molar-refractivity contribution in [3.05, 3.63) is 11.9 Å². The molecule has 0 aromatic carbocycles. The number of rotatable bonds is 11. The van der Waals surface area contributed by atoms with E-state index in [1.54, 1.807) is 6.20 Å². The molecule has 0 spiro atoms. The molecule has 0 saturated carbocycles. The molecule has 0 fully saturated rings. The third-order valence-electron chi connectivity index (χ3n) is 3.27. The summed E-state index contributed by atoms with van der Waals surface area (Å²) < 4.78 is 5.80. The van der Waals surface area contributed by atoms with Crippen molar-refractivity contribution in [2.24, 2.45) is 17.0 Å². The van der Waals surface area contributed by atoms with Crippen LogP contribution >= 0.6 is 0 Å². The molecule has 0 saturated heterocycles. The predicted molar refractivity (Wildman–Crippen MR) is 82.7 cm³/mol. The molecule has 0 aliphatic carbocycles. The molecule has 6 N–H and O–H groups in total. The van der Waals surface area contributed by atoms with Gasteiger partial charge in [-0.2, -0.15) is 0 Å². The molecule has 0 atom stereocenters. The monoisotopic (exact) mass is 302 g/mol. The quantitative estimate of drug-likeness (QED) is 0.184. The SMILES string of the molecule is CC(C)(CO)CCOC(C)(C)/C(N)=C/N(N)CCNC=O. The Kier molecular flexibility index (Phi) is 8.31. The second kappa shape index (κ2) is 8.86. The predicted octanol–water partition coefficient (Wildman–Crippen LogP) is -0.0880. The fourth-order valence-electron chi connectivity index (χ4n) is 1.40. The first-order chi connectivity index (χ1) is 9.64. The molecule has 0 unspecified atom stereocenters. The van der Waals surface area contributed by atoms with Gasteiger partial charge < -0.3 is 25.9 Å². The number of hydrogen-bond donors (Lipinski definition) is 4. The average molecular weight is 302 g/mol. The molecule has 0 aliphatic rings. The highest BCUT2D eigenvalue weighted by Crippen LogP contribution is 2.22. The van der Waals surface area contributed by atoms with Gasteiger partial charge >= 0.3 is 0 Å². The molecule has 21 heavy (non-hydrogen) atoms. The fraction of sp³-hybridized carbons (Fsp3) is 0.786. The maximum atomic E-state index is 10.1. The van der Waals surface area contributed by atoms with Crippen molar-refractivity contribution in [3.63, 3.8) is 0 Å². The molecule has 0 radical (unpaired) electrons. The lowest BCUT2D eigenvalue weighted by Crippen LogP contribution is -2.38. The first-order valence-electron chi connectivity index (χ1n) is 7.05. The molecule has 0 bridgehead atoms. The number of ether oxygens (including phenoxy) is 1. The maximum Gasteiger partial charge on any atom is 0.207 e. The van der Waals surface area contributed by atoms with Crippen LogP contribution in [0.25, 0.3) is 0 Å². The van der Waals surface area contributed by atoms with Crippen LogP contribution in [0.4, 0.5) is 0 Å². The van der Waals surface area contributed by atoms with E-state index in [0.29, 0.717) is 31.8 Å². The van der Waals surface area contributed by atoms with E-state index in [-0.39, 0.29) is 12.0 Å². The van der Waals surface area contributed by atoms with Gasteiger partial charge in [0, 0.05) is 26.0 Å². The van der Waals surface area contributed by atoms with Gasteiger partial charge in [-0.3, -0.25) is 4.79 Å². The first kappa shape index (κ1) is 19.7. The van der Waals surface area contributed by atoms with Crippen molar-refractivity contribution in [3.8, 4) is 0 Å². The van der Waals surface area contributed by atoms with Gasteiger partial charge in [-0.25, -0.2) is 5.84 Å². The van der Waals surface area contributed by atoms with Crippen molar-refractivity contribution < 1.29 is 14.6 Å². The number of aliphatic hydroxyl groups is 1. The van der Waals surface area contributed by atoms with Crippen LogP contribution in [0.3, 0.4) is 0 Å². The summed E-state index contributed by atoms with van der Waals surface area (Å²) in [6.07, 6.45) is 2.95. The number of aliphatic hydroxyl groups excluding tert-OH is 1. The van der Waals surface area contributed by atoms with Crippen LogP contribution in [0, 0.1) is 5.41 Å². The van der Waals surface area contributed by atoms with E-state index >= 15 is 0 Å². The van der Waals surface area contributed by atoms with E-state index in [4.69, 9.17) is 16.3 Å². The minimum Gasteiger partial charge on any atom is -0.398 e. The Morgan fingerprint density at radius 1 is 1.38 bits per heavy atom. The van der Waals surface area contributed by atoms with Gasteiger partial charge in [0.2, 0.25) is 6.41 Å². The normalized spacial score (nSPS) is 13.1. The number of hydrogen-bond acceptors (Lipinski definition) is 6. The fourth-order valence-corrected chi connectivity index (χ4v) is 1.40. The van der Waals surface area contributed by atoms with E-state index in [1.165, 1.54) is 5.01 Å². The van der Waals surface area contributed by atoms with Crippen molar-refractivity contribution in [1.82, 2.24) is 10.3 Å². The second-order valence-corrected chi connectivity index (χ2v) is 6.33. The molecular weight excluding hydrogens is 272 g/mol. The molecule has 0 aromatic heterocycles. The largest absolute Gasteiger partial charge is 0.398 e. The minimum absolute atomic E-state index is 0.114. The second-order valence-electron chi connectivity index (χ2n) is 6.33. The average Bonchev–Trinajstić information content (AvgIpc) is 2.38. The standard InChI is InChI=1S/C14H30N4O3/c1-13(2,10-19)5-8-21-14(3,4)12(15)9-18(16)7-6-17-11-20/h9,11,19H,5-8,10,15-16H2,1-4H3,(H,17,20)/b12-9-. The number of carbonyl (C=O) groups excluding carboxylic acids is 1. The Morgan fingerprint density at radius 3 is 2.52 bits per heavy atom. The highest BCUT2D eigenvalue weighted by Gasteiger charge is 2.24. The number of nitrogens with zero attached hydrogens (tertiary/aromatic N) is 1. The summed E-state index contributed by atoms with van der Waals surface area (Å²) in [6, 6.07) is 0. The van der Waals surface area contributed by atoms with Crippen molar-refractivity contribution >= 4 is 6.41 Å². The van der Waals surface area contributed by atoms with Gasteiger partial charge in [0.05, 0.1) is 12.2 Å². The van der Waals surface area contributed by atoms with E-state index < -0.39 is 5.60 Å². The maximum absolute atomic E-state index is 10.1. The molecule has 0 aliphatic heterocycles. The van der Waals surface area contributed by atoms with E-state index in [1.807, 2.05) is 27.7 Å². The molecular formula is C14H30N4O3. The highest BCUT2D eigenvalue weighted by atomic mass is 16.5. The number of amides is 1. The van der Waals surface area contributed by atoms with Crippen LogP contribution < -0.4 is 16.9 Å². The molecule has 0 rings (SSSR count). The van der Waals surface area contributed by atoms with Gasteiger partial charge in [-0.15, -0.1) is 0 Å². The minimum atomic E-state index is -0.652. The Hall–Kier alpha value is -1.31. The van der Waals surface area contributed by atoms with Crippen LogP contribution in [0.1, 0.15) is 34.1 Å². The lowest BCUT2D eigenvalue weighted by Gasteiger charge is -2.29. The number of hydrazine groups is 1. The molecule has 7 heteroatoms. The van der Waals surface area contributed by atoms with E-state index in [9.17, 15) is 9.90 Å². The van der Waals surface area contributed by atoms with Gasteiger partial charge in [0.25, 0.3) is 0 Å². The summed E-state index contributed by atoms with van der Waals surface area (Å²) in [5.74, 6) is 5.76. The summed E-state index contributed by atoms with van der Waals surface area (Å²) in [5, 5.41) is 13.1. The van der Waals surface area contributed by atoms with E-state index in [2.05, 4.69) is 5.32 Å². The zero-order chi connectivity index (χ0) is 16.5. The third kappa shape index (κ3) is 8.54. The zero-order valence-corrected chi connectivity index (χ0v) is 13.6. The number of nitrogens with two attached hydrogens (primary N) is 2.